The highest BCUT2D eigenvalue weighted by Gasteiger charge is 2.24. The van der Waals surface area contributed by atoms with Gasteiger partial charge in [-0.25, -0.2) is 4.79 Å². The van der Waals surface area contributed by atoms with E-state index in [2.05, 4.69) is 24.5 Å². The number of imidazole rings is 1. The van der Waals surface area contributed by atoms with Crippen molar-refractivity contribution in [2.75, 3.05) is 6.61 Å². The van der Waals surface area contributed by atoms with Crippen LogP contribution in [0.3, 0.4) is 0 Å². The Morgan fingerprint density at radius 3 is 2.79 bits per heavy atom. The van der Waals surface area contributed by atoms with Crippen molar-refractivity contribution in [1.82, 2.24) is 9.13 Å². The van der Waals surface area contributed by atoms with Crippen molar-refractivity contribution in [2.45, 2.75) is 44.7 Å². The Morgan fingerprint density at radius 1 is 1.31 bits per heavy atom. The maximum absolute atomic E-state index is 13.4. The van der Waals surface area contributed by atoms with E-state index in [1.807, 2.05) is 24.3 Å². The third kappa shape index (κ3) is 3.56. The molecular formula is C22H24N2O4S. The molecule has 0 amide bonds. The fourth-order valence-corrected chi connectivity index (χ4v) is 5.41. The van der Waals surface area contributed by atoms with Gasteiger partial charge in [0.25, 0.3) is 0 Å². The SMILES string of the molecule is CC1CC=Cc2scc(Cn3c(=O)n(C(CCO)CC(=O)O)c4ccccc43)c21. The van der Waals surface area contributed by atoms with Gasteiger partial charge in [-0.2, -0.15) is 0 Å². The highest BCUT2D eigenvalue weighted by molar-refractivity contribution is 7.11. The minimum Gasteiger partial charge on any atom is -0.481 e. The molecule has 0 radical (unpaired) electrons. The van der Waals surface area contributed by atoms with Gasteiger partial charge in [-0.1, -0.05) is 25.1 Å². The number of carboxylic acid groups (broad SMARTS) is 1. The van der Waals surface area contributed by atoms with Crippen molar-refractivity contribution in [1.29, 1.82) is 0 Å². The van der Waals surface area contributed by atoms with Gasteiger partial charge in [-0.05, 0) is 53.5 Å². The molecule has 0 fully saturated rings. The fraction of sp³-hybridized carbons (Fsp3) is 0.364. The lowest BCUT2D eigenvalue weighted by atomic mass is 9.90. The van der Waals surface area contributed by atoms with Gasteiger partial charge >= 0.3 is 11.7 Å². The number of para-hydroxylation sites is 2. The normalized spacial score (nSPS) is 16.8. The summed E-state index contributed by atoms with van der Waals surface area (Å²) in [6.45, 7) is 2.48. The number of aliphatic carboxylic acids is 1. The molecule has 0 spiro atoms. The number of aliphatic hydroxyl groups is 1. The Kier molecular flexibility index (Phi) is 5.43. The summed E-state index contributed by atoms with van der Waals surface area (Å²) in [6.07, 6.45) is 5.35. The number of allylic oxidation sites excluding steroid dienone is 1. The Morgan fingerprint density at radius 2 is 2.07 bits per heavy atom. The zero-order valence-corrected chi connectivity index (χ0v) is 17.1. The molecule has 29 heavy (non-hydrogen) atoms. The molecular weight excluding hydrogens is 388 g/mol. The van der Waals surface area contributed by atoms with E-state index < -0.39 is 12.0 Å². The first-order valence-corrected chi connectivity index (χ1v) is 10.7. The lowest BCUT2D eigenvalue weighted by molar-refractivity contribution is -0.138. The van der Waals surface area contributed by atoms with Crippen LogP contribution in [0.25, 0.3) is 17.1 Å². The summed E-state index contributed by atoms with van der Waals surface area (Å²) >= 11 is 1.70. The van der Waals surface area contributed by atoms with E-state index in [1.165, 1.54) is 10.4 Å². The van der Waals surface area contributed by atoms with Crippen molar-refractivity contribution < 1.29 is 15.0 Å². The van der Waals surface area contributed by atoms with Crippen LogP contribution >= 0.6 is 11.3 Å². The minimum absolute atomic E-state index is 0.175. The maximum Gasteiger partial charge on any atom is 0.329 e. The summed E-state index contributed by atoms with van der Waals surface area (Å²) in [5, 5.41) is 20.9. The molecule has 0 bridgehead atoms. The van der Waals surface area contributed by atoms with E-state index in [4.69, 9.17) is 0 Å². The van der Waals surface area contributed by atoms with Gasteiger partial charge in [0.2, 0.25) is 0 Å². The maximum atomic E-state index is 13.4. The number of fused-ring (bicyclic) bond motifs is 2. The van der Waals surface area contributed by atoms with Gasteiger partial charge in [0, 0.05) is 11.5 Å². The van der Waals surface area contributed by atoms with Crippen molar-refractivity contribution in [3.63, 3.8) is 0 Å². The topological polar surface area (TPSA) is 84.5 Å². The third-order valence-electron chi connectivity index (χ3n) is 5.63. The number of aromatic nitrogens is 2. The first-order valence-electron chi connectivity index (χ1n) is 9.80. The van der Waals surface area contributed by atoms with Crippen molar-refractivity contribution in [2.24, 2.45) is 0 Å². The smallest absolute Gasteiger partial charge is 0.329 e. The molecule has 1 aliphatic rings. The van der Waals surface area contributed by atoms with E-state index in [-0.39, 0.29) is 25.1 Å². The van der Waals surface area contributed by atoms with Crippen LogP contribution in [0.15, 0.2) is 40.5 Å². The summed E-state index contributed by atoms with van der Waals surface area (Å²) < 4.78 is 3.27. The summed E-state index contributed by atoms with van der Waals surface area (Å²) in [5.74, 6) is -0.575. The number of benzene rings is 1. The van der Waals surface area contributed by atoms with Crippen LogP contribution in [0.1, 0.15) is 54.1 Å². The molecule has 3 aromatic rings. The molecule has 4 rings (SSSR count). The average Bonchev–Trinajstić information content (AvgIpc) is 3.22. The van der Waals surface area contributed by atoms with Crippen LogP contribution in [0.5, 0.6) is 0 Å². The zero-order valence-electron chi connectivity index (χ0n) is 16.2. The molecule has 2 atom stereocenters. The van der Waals surface area contributed by atoms with Crippen molar-refractivity contribution in [3.8, 4) is 0 Å². The lowest BCUT2D eigenvalue weighted by Crippen LogP contribution is -2.29. The second kappa shape index (κ2) is 8.00. The molecule has 6 nitrogen and oxygen atoms in total. The highest BCUT2D eigenvalue weighted by atomic mass is 32.1. The zero-order chi connectivity index (χ0) is 20.5. The van der Waals surface area contributed by atoms with Crippen LogP contribution in [0, 0.1) is 0 Å². The summed E-state index contributed by atoms with van der Waals surface area (Å²) in [4.78, 5) is 26.0. The molecule has 1 aromatic carbocycles. The largest absolute Gasteiger partial charge is 0.481 e. The number of rotatable bonds is 7. The van der Waals surface area contributed by atoms with E-state index in [9.17, 15) is 19.8 Å². The second-order valence-electron chi connectivity index (χ2n) is 7.57. The molecule has 0 aliphatic heterocycles. The molecule has 0 saturated heterocycles. The van der Waals surface area contributed by atoms with E-state index >= 15 is 0 Å². The highest BCUT2D eigenvalue weighted by Crippen LogP contribution is 2.37. The molecule has 2 aromatic heterocycles. The van der Waals surface area contributed by atoms with Gasteiger partial charge < -0.3 is 10.2 Å². The number of nitrogens with zero attached hydrogens (tertiary/aromatic N) is 2. The lowest BCUT2D eigenvalue weighted by Gasteiger charge is -2.17. The summed E-state index contributed by atoms with van der Waals surface area (Å²) in [6, 6.07) is 6.88. The number of hydrogen-bond donors (Lipinski definition) is 2. The van der Waals surface area contributed by atoms with Gasteiger partial charge in [0.05, 0.1) is 30.0 Å². The van der Waals surface area contributed by atoms with Gasteiger partial charge in [-0.15, -0.1) is 11.3 Å². The average molecular weight is 413 g/mol. The summed E-state index contributed by atoms with van der Waals surface area (Å²) in [5.41, 5.74) is 3.70. The predicted octanol–water partition coefficient (Wildman–Crippen LogP) is 3.83. The predicted molar refractivity (Wildman–Crippen MR) is 115 cm³/mol. The Labute approximate surface area is 172 Å². The Hall–Kier alpha value is -2.64. The fourth-order valence-electron chi connectivity index (χ4n) is 4.31. The van der Waals surface area contributed by atoms with Crippen molar-refractivity contribution in [3.05, 3.63) is 62.2 Å². The van der Waals surface area contributed by atoms with E-state index in [0.29, 0.717) is 18.0 Å². The van der Waals surface area contributed by atoms with Gasteiger partial charge in [-0.3, -0.25) is 13.9 Å². The standard InChI is InChI=1S/C22H24N2O4S/c1-14-5-4-8-19-21(14)15(13-29-19)12-23-17-6-2-3-7-18(17)24(22(23)28)16(9-10-25)11-20(26)27/h2-4,6-8,13-14,16,25H,5,9-12H2,1H3,(H,26,27). The first-order chi connectivity index (χ1) is 14.0. The second-order valence-corrected chi connectivity index (χ2v) is 8.48. The molecule has 152 valence electrons. The summed E-state index contributed by atoms with van der Waals surface area (Å²) in [7, 11) is 0. The molecule has 2 N–H and O–H groups in total. The van der Waals surface area contributed by atoms with Crippen LogP contribution in [-0.2, 0) is 11.3 Å². The van der Waals surface area contributed by atoms with E-state index in [0.717, 1.165) is 17.5 Å². The Bertz CT molecular complexity index is 1140. The first kappa shape index (κ1) is 19.7. The monoisotopic (exact) mass is 412 g/mol. The van der Waals surface area contributed by atoms with E-state index in [1.54, 1.807) is 20.5 Å². The number of thiophene rings is 1. The number of aliphatic hydroxyl groups excluding tert-OH is 1. The van der Waals surface area contributed by atoms with Crippen LogP contribution in [0.2, 0.25) is 0 Å². The van der Waals surface area contributed by atoms with Gasteiger partial charge in [0.15, 0.2) is 0 Å². The van der Waals surface area contributed by atoms with Crippen molar-refractivity contribution >= 4 is 34.4 Å². The van der Waals surface area contributed by atoms with Crippen LogP contribution in [0.4, 0.5) is 0 Å². The molecule has 2 unspecified atom stereocenters. The Balaban J connectivity index is 1.84. The number of hydrogen-bond acceptors (Lipinski definition) is 4. The molecule has 7 heteroatoms. The minimum atomic E-state index is -0.986. The molecule has 2 heterocycles. The number of carboxylic acids is 1. The molecule has 1 aliphatic carbocycles. The number of carbonyl (C=O) groups is 1. The van der Waals surface area contributed by atoms with Gasteiger partial charge in [0.1, 0.15) is 0 Å². The third-order valence-corrected chi connectivity index (χ3v) is 6.64. The van der Waals surface area contributed by atoms with Crippen LogP contribution < -0.4 is 5.69 Å². The van der Waals surface area contributed by atoms with Crippen LogP contribution in [-0.4, -0.2) is 31.9 Å². The quantitative estimate of drug-likeness (QED) is 0.618. The molecule has 0 saturated carbocycles.